The van der Waals surface area contributed by atoms with Crippen LogP contribution in [0.5, 0.6) is 5.75 Å². The number of carbonyl (C=O) groups is 1. The van der Waals surface area contributed by atoms with Gasteiger partial charge in [0.2, 0.25) is 11.9 Å². The van der Waals surface area contributed by atoms with Crippen LogP contribution in [0.3, 0.4) is 0 Å². The van der Waals surface area contributed by atoms with Crippen molar-refractivity contribution in [1.82, 2.24) is 20.2 Å². The monoisotopic (exact) mass is 407 g/mol. The first-order valence-electron chi connectivity index (χ1n) is 10.5. The van der Waals surface area contributed by atoms with Crippen molar-refractivity contribution in [2.75, 3.05) is 51.3 Å². The van der Waals surface area contributed by atoms with Crippen molar-refractivity contribution in [2.45, 2.75) is 12.8 Å². The summed E-state index contributed by atoms with van der Waals surface area (Å²) in [6, 6.07) is 16.0. The summed E-state index contributed by atoms with van der Waals surface area (Å²) in [5.74, 6) is 1.84. The Hall–Kier alpha value is -3.06. The Labute approximate surface area is 177 Å². The van der Waals surface area contributed by atoms with Crippen molar-refractivity contribution < 1.29 is 9.53 Å². The van der Waals surface area contributed by atoms with E-state index in [0.29, 0.717) is 13.1 Å². The zero-order chi connectivity index (χ0) is 20.8. The Morgan fingerprint density at radius 3 is 2.90 bits per heavy atom. The molecule has 0 atom stereocenters. The molecule has 0 bridgehead atoms. The van der Waals surface area contributed by atoms with E-state index in [-0.39, 0.29) is 5.91 Å². The number of amides is 1. The predicted octanol–water partition coefficient (Wildman–Crippen LogP) is 2.44. The van der Waals surface area contributed by atoms with Gasteiger partial charge in [-0.15, -0.1) is 0 Å². The number of ether oxygens (including phenoxy) is 1. The summed E-state index contributed by atoms with van der Waals surface area (Å²) in [5.41, 5.74) is 3.21. The first kappa shape index (κ1) is 20.2. The number of hydrogen-bond donors (Lipinski definition) is 2. The van der Waals surface area contributed by atoms with E-state index < -0.39 is 0 Å². The Bertz CT molecular complexity index is 953. The normalized spacial score (nSPS) is 15.2. The molecule has 0 saturated carbocycles. The summed E-state index contributed by atoms with van der Waals surface area (Å²) < 4.78 is 5.25. The first-order chi connectivity index (χ1) is 14.7. The summed E-state index contributed by atoms with van der Waals surface area (Å²) >= 11 is 0. The van der Waals surface area contributed by atoms with Gasteiger partial charge >= 0.3 is 0 Å². The number of fused-ring (bicyclic) bond motifs is 1. The van der Waals surface area contributed by atoms with Gasteiger partial charge in [0, 0.05) is 32.7 Å². The van der Waals surface area contributed by atoms with Crippen molar-refractivity contribution in [1.29, 1.82) is 0 Å². The molecule has 0 aliphatic carbocycles. The van der Waals surface area contributed by atoms with Crippen LogP contribution in [0, 0.1) is 0 Å². The van der Waals surface area contributed by atoms with Crippen molar-refractivity contribution in [3.05, 3.63) is 54.1 Å². The smallest absolute Gasteiger partial charge is 0.234 e. The number of benzene rings is 2. The molecule has 1 saturated heterocycles. The third-order valence-corrected chi connectivity index (χ3v) is 5.50. The quantitative estimate of drug-likeness (QED) is 0.629. The van der Waals surface area contributed by atoms with Crippen LogP contribution in [-0.4, -0.2) is 67.2 Å². The molecule has 7 heteroatoms. The highest BCUT2D eigenvalue weighted by Crippen LogP contribution is 2.18. The predicted molar refractivity (Wildman–Crippen MR) is 119 cm³/mol. The number of imidazole rings is 1. The molecule has 0 spiro atoms. The van der Waals surface area contributed by atoms with E-state index in [0.717, 1.165) is 67.3 Å². The number of nitrogens with one attached hydrogen (secondary N) is 2. The van der Waals surface area contributed by atoms with Crippen molar-refractivity contribution >= 4 is 22.9 Å². The highest BCUT2D eigenvalue weighted by molar-refractivity contribution is 5.78. The molecule has 0 radical (unpaired) electrons. The van der Waals surface area contributed by atoms with Crippen LogP contribution in [0.25, 0.3) is 11.0 Å². The molecule has 4 rings (SSSR count). The van der Waals surface area contributed by atoms with Gasteiger partial charge in [-0.25, -0.2) is 4.98 Å². The van der Waals surface area contributed by atoms with E-state index in [1.807, 2.05) is 42.5 Å². The van der Waals surface area contributed by atoms with Crippen LogP contribution in [0.4, 0.5) is 5.95 Å². The number of nitrogens with zero attached hydrogens (tertiary/aromatic N) is 3. The van der Waals surface area contributed by atoms with Crippen LogP contribution in [0.2, 0.25) is 0 Å². The van der Waals surface area contributed by atoms with Gasteiger partial charge in [0.15, 0.2) is 0 Å². The lowest BCUT2D eigenvalue weighted by molar-refractivity contribution is -0.122. The van der Waals surface area contributed by atoms with E-state index in [1.54, 1.807) is 7.11 Å². The molecule has 158 valence electrons. The summed E-state index contributed by atoms with van der Waals surface area (Å²) in [4.78, 5) is 25.0. The van der Waals surface area contributed by atoms with Gasteiger partial charge < -0.3 is 19.9 Å². The summed E-state index contributed by atoms with van der Waals surface area (Å²) in [7, 11) is 1.66. The fourth-order valence-electron chi connectivity index (χ4n) is 3.86. The summed E-state index contributed by atoms with van der Waals surface area (Å²) in [5, 5.41) is 3.04. The van der Waals surface area contributed by atoms with Gasteiger partial charge in [-0.3, -0.25) is 9.69 Å². The molecule has 1 aromatic heterocycles. The third kappa shape index (κ3) is 5.10. The Kier molecular flexibility index (Phi) is 6.49. The number of H-pyrrole nitrogens is 1. The summed E-state index contributed by atoms with van der Waals surface area (Å²) in [6.45, 7) is 4.63. The maximum atomic E-state index is 12.4. The van der Waals surface area contributed by atoms with Gasteiger partial charge in [0.05, 0.1) is 24.7 Å². The third-order valence-electron chi connectivity index (χ3n) is 5.50. The number of para-hydroxylation sites is 2. The lowest BCUT2D eigenvalue weighted by atomic mass is 10.1. The van der Waals surface area contributed by atoms with Crippen molar-refractivity contribution in [3.63, 3.8) is 0 Å². The van der Waals surface area contributed by atoms with Crippen LogP contribution >= 0.6 is 0 Å². The second-order valence-corrected chi connectivity index (χ2v) is 7.65. The van der Waals surface area contributed by atoms with Crippen molar-refractivity contribution in [2.24, 2.45) is 0 Å². The molecule has 30 heavy (non-hydrogen) atoms. The zero-order valence-corrected chi connectivity index (χ0v) is 17.4. The van der Waals surface area contributed by atoms with E-state index in [1.165, 1.54) is 0 Å². The lowest BCUT2D eigenvalue weighted by Crippen LogP contribution is -2.40. The van der Waals surface area contributed by atoms with E-state index >= 15 is 0 Å². The van der Waals surface area contributed by atoms with E-state index in [9.17, 15) is 4.79 Å². The van der Waals surface area contributed by atoms with Crippen LogP contribution in [0.1, 0.15) is 12.0 Å². The molecule has 2 N–H and O–H groups in total. The molecule has 0 unspecified atom stereocenters. The highest BCUT2D eigenvalue weighted by Gasteiger charge is 2.19. The SMILES string of the molecule is COc1cccc(CCNC(=O)CN2CCCN(c3nc4ccccc4[nH]3)CC2)c1. The molecule has 1 fully saturated rings. The minimum Gasteiger partial charge on any atom is -0.497 e. The van der Waals surface area contributed by atoms with Gasteiger partial charge in [0.25, 0.3) is 0 Å². The fourth-order valence-corrected chi connectivity index (χ4v) is 3.86. The number of rotatable bonds is 7. The number of aromatic nitrogens is 2. The standard InChI is InChI=1S/C23H29N5O2/c1-30-19-7-4-6-18(16-19)10-11-24-22(29)17-27-12-5-13-28(15-14-27)23-25-20-8-2-3-9-21(20)26-23/h2-4,6-9,16H,5,10-15,17H2,1H3,(H,24,29)(H,25,26). The lowest BCUT2D eigenvalue weighted by Gasteiger charge is -2.21. The Morgan fingerprint density at radius 1 is 1.13 bits per heavy atom. The Morgan fingerprint density at radius 2 is 2.03 bits per heavy atom. The van der Waals surface area contributed by atoms with E-state index in [4.69, 9.17) is 9.72 Å². The average Bonchev–Trinajstić information content (AvgIpc) is 3.06. The highest BCUT2D eigenvalue weighted by atomic mass is 16.5. The topological polar surface area (TPSA) is 73.5 Å². The zero-order valence-electron chi connectivity index (χ0n) is 17.4. The minimum absolute atomic E-state index is 0.0788. The van der Waals surface area contributed by atoms with Crippen LogP contribution in [0.15, 0.2) is 48.5 Å². The number of hydrogen-bond acceptors (Lipinski definition) is 5. The Balaban J connectivity index is 1.23. The summed E-state index contributed by atoms with van der Waals surface area (Å²) in [6.07, 6.45) is 1.80. The molecule has 3 aromatic rings. The molecule has 1 amide bonds. The molecule has 2 aromatic carbocycles. The maximum Gasteiger partial charge on any atom is 0.234 e. The minimum atomic E-state index is 0.0788. The van der Waals surface area contributed by atoms with Gasteiger partial charge in [0.1, 0.15) is 5.75 Å². The van der Waals surface area contributed by atoms with Gasteiger partial charge in [-0.2, -0.15) is 0 Å². The molecule has 7 nitrogen and oxygen atoms in total. The van der Waals surface area contributed by atoms with Gasteiger partial charge in [-0.05, 0) is 42.7 Å². The number of methoxy groups -OCH3 is 1. The first-order valence-corrected chi connectivity index (χ1v) is 10.5. The second-order valence-electron chi connectivity index (χ2n) is 7.65. The number of anilines is 1. The average molecular weight is 408 g/mol. The van der Waals surface area contributed by atoms with Crippen molar-refractivity contribution in [3.8, 4) is 5.75 Å². The van der Waals surface area contributed by atoms with E-state index in [2.05, 4.69) is 26.2 Å². The van der Waals surface area contributed by atoms with Crippen LogP contribution < -0.4 is 15.0 Å². The maximum absolute atomic E-state index is 12.4. The molecule has 2 heterocycles. The number of carbonyl (C=O) groups excluding carboxylic acids is 1. The van der Waals surface area contributed by atoms with Crippen LogP contribution in [-0.2, 0) is 11.2 Å². The second kappa shape index (κ2) is 9.63. The van der Waals surface area contributed by atoms with Gasteiger partial charge in [-0.1, -0.05) is 24.3 Å². The fraction of sp³-hybridized carbons (Fsp3) is 0.391. The molecule has 1 aliphatic heterocycles. The largest absolute Gasteiger partial charge is 0.497 e. The molecular formula is C23H29N5O2. The number of aromatic amines is 1. The molecule has 1 aliphatic rings. The molecular weight excluding hydrogens is 378 g/mol.